The van der Waals surface area contributed by atoms with Crippen molar-refractivity contribution in [3.63, 3.8) is 0 Å². The molecule has 5 heteroatoms. The summed E-state index contributed by atoms with van der Waals surface area (Å²) in [7, 11) is 0. The van der Waals surface area contributed by atoms with Crippen LogP contribution in [0.3, 0.4) is 0 Å². The van der Waals surface area contributed by atoms with Crippen LogP contribution in [0.5, 0.6) is 6.01 Å². The van der Waals surface area contributed by atoms with Gasteiger partial charge in [-0.25, -0.2) is 0 Å². The van der Waals surface area contributed by atoms with Gasteiger partial charge in [-0.15, -0.1) is 24.8 Å². The summed E-state index contributed by atoms with van der Waals surface area (Å²) in [4.78, 5) is 7.29. The highest BCUT2D eigenvalue weighted by atomic mass is 35.5. The lowest BCUT2D eigenvalue weighted by molar-refractivity contribution is 0.317. The molecule has 0 aliphatic heterocycles. The fourth-order valence-corrected chi connectivity index (χ4v) is 1.13. The second-order valence-corrected chi connectivity index (χ2v) is 2.49. The first-order chi connectivity index (χ1) is 5.90. The molecule has 0 saturated carbocycles. The number of ether oxygens (including phenoxy) is 1. The van der Waals surface area contributed by atoms with Crippen molar-refractivity contribution in [2.24, 2.45) is 0 Å². The monoisotopic (exact) mass is 234 g/mol. The fourth-order valence-electron chi connectivity index (χ4n) is 1.13. The van der Waals surface area contributed by atoms with Crippen LogP contribution in [0.2, 0.25) is 0 Å². The molecule has 0 radical (unpaired) electrons. The molecule has 0 aliphatic rings. The maximum Gasteiger partial charge on any atom is 0.294 e. The summed E-state index contributed by atoms with van der Waals surface area (Å²) in [5.74, 6) is 0. The third kappa shape index (κ3) is 2.53. The maximum atomic E-state index is 5.22. The normalized spacial score (nSPS) is 8.93. The second kappa shape index (κ2) is 5.73. The largest absolute Gasteiger partial charge is 0.465 e. The van der Waals surface area contributed by atoms with Crippen LogP contribution < -0.4 is 4.74 Å². The summed E-state index contributed by atoms with van der Waals surface area (Å²) in [5.41, 5.74) is 1.96. The Morgan fingerprint density at radius 1 is 1.29 bits per heavy atom. The van der Waals surface area contributed by atoms with Gasteiger partial charge in [0.1, 0.15) is 0 Å². The minimum atomic E-state index is 0. The van der Waals surface area contributed by atoms with Crippen molar-refractivity contribution in [3.05, 3.63) is 24.3 Å². The van der Waals surface area contributed by atoms with E-state index in [2.05, 4.69) is 9.97 Å². The molecule has 78 valence electrons. The van der Waals surface area contributed by atoms with Gasteiger partial charge in [0, 0.05) is 0 Å². The number of para-hydroxylation sites is 2. The van der Waals surface area contributed by atoms with Gasteiger partial charge >= 0.3 is 0 Å². The van der Waals surface area contributed by atoms with E-state index in [4.69, 9.17) is 4.74 Å². The van der Waals surface area contributed by atoms with Crippen molar-refractivity contribution in [2.75, 3.05) is 6.61 Å². The van der Waals surface area contributed by atoms with Gasteiger partial charge in [0.05, 0.1) is 17.6 Å². The zero-order valence-electron chi connectivity index (χ0n) is 7.69. The van der Waals surface area contributed by atoms with Gasteiger partial charge in [-0.05, 0) is 19.1 Å². The molecule has 0 atom stereocenters. The molecule has 14 heavy (non-hydrogen) atoms. The van der Waals surface area contributed by atoms with E-state index < -0.39 is 0 Å². The second-order valence-electron chi connectivity index (χ2n) is 2.49. The predicted octanol–water partition coefficient (Wildman–Crippen LogP) is 2.81. The minimum Gasteiger partial charge on any atom is -0.465 e. The number of H-pyrrole nitrogens is 1. The highest BCUT2D eigenvalue weighted by molar-refractivity contribution is 5.85. The van der Waals surface area contributed by atoms with Crippen molar-refractivity contribution in [1.29, 1.82) is 0 Å². The molecule has 1 heterocycles. The topological polar surface area (TPSA) is 37.9 Å². The van der Waals surface area contributed by atoms with E-state index in [1.807, 2.05) is 31.2 Å². The lowest BCUT2D eigenvalue weighted by Gasteiger charge is -1.93. The molecule has 0 unspecified atom stereocenters. The van der Waals surface area contributed by atoms with Crippen LogP contribution in [0.4, 0.5) is 0 Å². The number of rotatable bonds is 2. The van der Waals surface area contributed by atoms with E-state index in [1.165, 1.54) is 0 Å². The van der Waals surface area contributed by atoms with Gasteiger partial charge in [0.2, 0.25) is 0 Å². The van der Waals surface area contributed by atoms with Crippen molar-refractivity contribution in [3.8, 4) is 6.01 Å². The smallest absolute Gasteiger partial charge is 0.294 e. The average molecular weight is 235 g/mol. The van der Waals surface area contributed by atoms with Gasteiger partial charge in [-0.1, -0.05) is 12.1 Å². The SMILES string of the molecule is CCOc1nc2ccccc2[nH]1.Cl.Cl. The van der Waals surface area contributed by atoms with Gasteiger partial charge in [-0.2, -0.15) is 4.98 Å². The summed E-state index contributed by atoms with van der Waals surface area (Å²) in [6.07, 6.45) is 0. The zero-order valence-corrected chi connectivity index (χ0v) is 9.32. The van der Waals surface area contributed by atoms with Crippen LogP contribution in [0, 0.1) is 0 Å². The number of nitrogens with one attached hydrogen (secondary N) is 1. The van der Waals surface area contributed by atoms with Crippen LogP contribution in [0.25, 0.3) is 11.0 Å². The molecule has 2 rings (SSSR count). The Morgan fingerprint density at radius 2 is 2.00 bits per heavy atom. The number of benzene rings is 1. The highest BCUT2D eigenvalue weighted by Gasteiger charge is 1.99. The van der Waals surface area contributed by atoms with Crippen LogP contribution in [-0.2, 0) is 0 Å². The molecule has 0 aliphatic carbocycles. The number of hydrogen-bond acceptors (Lipinski definition) is 2. The summed E-state index contributed by atoms with van der Waals surface area (Å²) >= 11 is 0. The van der Waals surface area contributed by atoms with E-state index in [9.17, 15) is 0 Å². The van der Waals surface area contributed by atoms with E-state index in [1.54, 1.807) is 0 Å². The number of hydrogen-bond donors (Lipinski definition) is 1. The first-order valence-corrected chi connectivity index (χ1v) is 3.97. The third-order valence-corrected chi connectivity index (χ3v) is 1.65. The van der Waals surface area contributed by atoms with Gasteiger partial charge in [-0.3, -0.25) is 0 Å². The summed E-state index contributed by atoms with van der Waals surface area (Å²) in [6.45, 7) is 2.58. The first kappa shape index (κ1) is 13.1. The molecule has 3 nitrogen and oxygen atoms in total. The van der Waals surface area contributed by atoms with Gasteiger partial charge in [0.25, 0.3) is 6.01 Å². The number of nitrogens with zero attached hydrogens (tertiary/aromatic N) is 1. The fraction of sp³-hybridized carbons (Fsp3) is 0.222. The lowest BCUT2D eigenvalue weighted by atomic mass is 10.3. The third-order valence-electron chi connectivity index (χ3n) is 1.65. The van der Waals surface area contributed by atoms with E-state index in [-0.39, 0.29) is 24.8 Å². The molecule has 1 N–H and O–H groups in total. The molecular weight excluding hydrogens is 223 g/mol. The summed E-state index contributed by atoms with van der Waals surface area (Å²) in [6, 6.07) is 8.45. The van der Waals surface area contributed by atoms with Crippen LogP contribution >= 0.6 is 24.8 Å². The average Bonchev–Trinajstić information content (AvgIpc) is 2.47. The van der Waals surface area contributed by atoms with Crippen LogP contribution in [0.1, 0.15) is 6.92 Å². The molecule has 1 aromatic carbocycles. The number of fused-ring (bicyclic) bond motifs is 1. The van der Waals surface area contributed by atoms with Gasteiger partial charge < -0.3 is 9.72 Å². The summed E-state index contributed by atoms with van der Waals surface area (Å²) in [5, 5.41) is 0. The number of imidazole rings is 1. The molecule has 0 bridgehead atoms. The Kier molecular flexibility index (Phi) is 5.35. The maximum absolute atomic E-state index is 5.22. The van der Waals surface area contributed by atoms with Crippen molar-refractivity contribution in [1.82, 2.24) is 9.97 Å². The number of aromatic nitrogens is 2. The van der Waals surface area contributed by atoms with E-state index in [0.29, 0.717) is 12.6 Å². The molecule has 1 aromatic heterocycles. The first-order valence-electron chi connectivity index (χ1n) is 3.97. The number of aromatic amines is 1. The van der Waals surface area contributed by atoms with E-state index in [0.717, 1.165) is 11.0 Å². The van der Waals surface area contributed by atoms with Crippen LogP contribution in [0.15, 0.2) is 24.3 Å². The Balaban J connectivity index is 0.000000845. The Bertz CT molecular complexity index is 356. The minimum absolute atomic E-state index is 0. The molecule has 0 amide bonds. The highest BCUT2D eigenvalue weighted by Crippen LogP contribution is 2.14. The van der Waals surface area contributed by atoms with E-state index >= 15 is 0 Å². The lowest BCUT2D eigenvalue weighted by Crippen LogP contribution is -1.92. The molecule has 0 spiro atoms. The molecule has 0 saturated heterocycles. The Labute approximate surface area is 94.7 Å². The zero-order chi connectivity index (χ0) is 8.39. The predicted molar refractivity (Wildman–Crippen MR) is 61.8 cm³/mol. The summed E-state index contributed by atoms with van der Waals surface area (Å²) < 4.78 is 5.22. The van der Waals surface area contributed by atoms with Crippen molar-refractivity contribution < 1.29 is 4.74 Å². The molecule has 2 aromatic rings. The van der Waals surface area contributed by atoms with Crippen LogP contribution in [-0.4, -0.2) is 16.6 Å². The van der Waals surface area contributed by atoms with Crippen molar-refractivity contribution in [2.45, 2.75) is 6.92 Å². The number of halogens is 2. The Morgan fingerprint density at radius 3 is 2.64 bits per heavy atom. The standard InChI is InChI=1S/C9H10N2O.2ClH/c1-2-12-9-10-7-5-3-4-6-8(7)11-9;;/h3-6H,2H2,1H3,(H,10,11);2*1H. The van der Waals surface area contributed by atoms with Gasteiger partial charge in [0.15, 0.2) is 0 Å². The quantitative estimate of drug-likeness (QED) is 0.868. The Hall–Kier alpha value is -0.930. The molecular formula is C9H12Cl2N2O. The van der Waals surface area contributed by atoms with Crippen molar-refractivity contribution >= 4 is 35.8 Å². The molecule has 0 fully saturated rings.